The summed E-state index contributed by atoms with van der Waals surface area (Å²) in [4.78, 5) is 0. The third-order valence-electron chi connectivity index (χ3n) is 0. The first kappa shape index (κ1) is 24.8. The van der Waals surface area contributed by atoms with Gasteiger partial charge >= 0.3 is 18.9 Å². The summed E-state index contributed by atoms with van der Waals surface area (Å²) >= 11 is 0. The molecule has 0 saturated heterocycles. The zero-order valence-corrected chi connectivity index (χ0v) is 1.39. The summed E-state index contributed by atoms with van der Waals surface area (Å²) in [5.41, 5.74) is 0. The monoisotopic (exact) mass is 60.0 g/mol. The first-order chi connectivity index (χ1) is 1.00. The standard InChI is InChI=1S/Li.H2O2.H2O.H/c;1-2;;/h;1-2H;1H2;. The summed E-state index contributed by atoms with van der Waals surface area (Å²) in [5, 5.41) is 12.0. The minimum atomic E-state index is 0. The minimum absolute atomic E-state index is 0. The van der Waals surface area contributed by atoms with E-state index in [9.17, 15) is 0 Å². The fourth-order valence-electron chi connectivity index (χ4n) is 0. The average Bonchev–Trinajstić information content (AvgIpc) is 1.00. The predicted molar refractivity (Wildman–Crippen MR) is 16.0 cm³/mol. The maximum atomic E-state index is 6.00. The summed E-state index contributed by atoms with van der Waals surface area (Å²) in [6, 6.07) is 0. The molecule has 0 amide bonds. The normalized spacial score (nSPS) is 1.50. The van der Waals surface area contributed by atoms with Gasteiger partial charge in [-0.2, -0.15) is 0 Å². The molecule has 0 unspecified atom stereocenters. The molecule has 0 rings (SSSR count). The van der Waals surface area contributed by atoms with Gasteiger partial charge in [0.15, 0.2) is 0 Å². The Hall–Kier alpha value is 0.477. The fraction of sp³-hybridized carbons (Fsp3) is 0. The van der Waals surface area contributed by atoms with Gasteiger partial charge in [0, 0.05) is 0 Å². The topological polar surface area (TPSA) is 72.0 Å². The van der Waals surface area contributed by atoms with Gasteiger partial charge in [-0.25, -0.2) is 0 Å². The van der Waals surface area contributed by atoms with Crippen LogP contribution in [0.4, 0.5) is 0 Å². The van der Waals surface area contributed by atoms with E-state index in [0.717, 1.165) is 0 Å². The van der Waals surface area contributed by atoms with Gasteiger partial charge in [-0.1, -0.05) is 0 Å². The molecular weight excluding hydrogens is 54.9 g/mol. The third-order valence-corrected chi connectivity index (χ3v) is 0. The van der Waals surface area contributed by atoms with E-state index in [1.54, 1.807) is 0 Å². The predicted octanol–water partition coefficient (Wildman–Crippen LogP) is -1.46. The van der Waals surface area contributed by atoms with Crippen LogP contribution < -0.4 is 0 Å². The molecule has 0 aromatic carbocycles. The van der Waals surface area contributed by atoms with Crippen molar-refractivity contribution in [1.29, 1.82) is 0 Å². The van der Waals surface area contributed by atoms with Crippen molar-refractivity contribution in [1.82, 2.24) is 0 Å². The van der Waals surface area contributed by atoms with Crippen molar-refractivity contribution >= 4 is 18.9 Å². The Bertz CT molecular complexity index is 3.25. The van der Waals surface area contributed by atoms with Crippen LogP contribution in [0.5, 0.6) is 0 Å². The second-order valence-corrected chi connectivity index (χ2v) is 0. The molecule has 3 nitrogen and oxygen atoms in total. The Morgan fingerprint density at radius 1 is 1.00 bits per heavy atom. The summed E-state index contributed by atoms with van der Waals surface area (Å²) in [7, 11) is 0. The first-order valence-electron chi connectivity index (χ1n) is 0.200. The zero-order valence-electron chi connectivity index (χ0n) is 1.39. The summed E-state index contributed by atoms with van der Waals surface area (Å²) in [5.74, 6) is 0. The average molecular weight is 60.0 g/mol. The number of hydrogen-bond donors (Lipinski definition) is 2. The fourth-order valence-corrected chi connectivity index (χ4v) is 0. The molecule has 4 N–H and O–H groups in total. The van der Waals surface area contributed by atoms with Gasteiger partial charge in [-0.3, -0.25) is 10.5 Å². The van der Waals surface area contributed by atoms with E-state index >= 15 is 0 Å². The Morgan fingerprint density at radius 2 is 1.00 bits per heavy atom. The molecule has 0 aromatic rings. The summed E-state index contributed by atoms with van der Waals surface area (Å²) in [6.45, 7) is 0. The van der Waals surface area contributed by atoms with E-state index in [4.69, 9.17) is 10.5 Å². The van der Waals surface area contributed by atoms with Crippen molar-refractivity contribution < 1.29 is 16.0 Å². The van der Waals surface area contributed by atoms with Crippen molar-refractivity contribution in [3.05, 3.63) is 0 Å². The third kappa shape index (κ3) is 23.7. The van der Waals surface area contributed by atoms with Crippen LogP contribution in [0.25, 0.3) is 0 Å². The van der Waals surface area contributed by atoms with Crippen LogP contribution in [-0.4, -0.2) is 34.9 Å². The molecule has 0 aliphatic rings. The van der Waals surface area contributed by atoms with Gasteiger partial charge in [-0.05, 0) is 0 Å². The molecule has 0 saturated carbocycles. The van der Waals surface area contributed by atoms with E-state index in [1.165, 1.54) is 0 Å². The van der Waals surface area contributed by atoms with Gasteiger partial charge in [0.1, 0.15) is 0 Å². The van der Waals surface area contributed by atoms with Crippen LogP contribution in [0, 0.1) is 0 Å². The van der Waals surface area contributed by atoms with Crippen molar-refractivity contribution in [3.8, 4) is 0 Å². The van der Waals surface area contributed by atoms with Crippen LogP contribution in [0.3, 0.4) is 0 Å². The van der Waals surface area contributed by atoms with Gasteiger partial charge in [0.2, 0.25) is 0 Å². The van der Waals surface area contributed by atoms with Crippen LogP contribution in [0.15, 0.2) is 0 Å². The SMILES string of the molecule is O.OO.[LiH]. The van der Waals surface area contributed by atoms with E-state index in [1.807, 2.05) is 0 Å². The molecule has 0 heterocycles. The first-order valence-corrected chi connectivity index (χ1v) is 0.200. The molecule has 0 spiro atoms. The van der Waals surface area contributed by atoms with Crippen molar-refractivity contribution in [3.63, 3.8) is 0 Å². The molecule has 0 aliphatic heterocycles. The van der Waals surface area contributed by atoms with Crippen LogP contribution in [-0.2, 0) is 0 Å². The molecule has 4 heavy (non-hydrogen) atoms. The molecule has 0 radical (unpaired) electrons. The maximum absolute atomic E-state index is 6.00. The van der Waals surface area contributed by atoms with Crippen LogP contribution in [0.2, 0.25) is 0 Å². The molecule has 4 heteroatoms. The number of rotatable bonds is 0. The quantitative estimate of drug-likeness (QED) is 0.204. The van der Waals surface area contributed by atoms with E-state index in [0.29, 0.717) is 0 Å². The Balaban J connectivity index is -0.00000000500. The molecule has 0 bridgehead atoms. The van der Waals surface area contributed by atoms with Crippen LogP contribution in [0.1, 0.15) is 0 Å². The number of hydrogen-bond acceptors (Lipinski definition) is 2. The Morgan fingerprint density at radius 3 is 1.00 bits per heavy atom. The van der Waals surface area contributed by atoms with Gasteiger partial charge < -0.3 is 5.48 Å². The van der Waals surface area contributed by atoms with E-state index in [-0.39, 0.29) is 24.3 Å². The van der Waals surface area contributed by atoms with E-state index in [2.05, 4.69) is 0 Å². The molecule has 24 valence electrons. The molecule has 0 aromatic heterocycles. The van der Waals surface area contributed by atoms with Gasteiger partial charge in [0.05, 0.1) is 0 Å². The second kappa shape index (κ2) is 93.6. The van der Waals surface area contributed by atoms with Crippen LogP contribution >= 0.6 is 0 Å². The molecule has 0 aliphatic carbocycles. The van der Waals surface area contributed by atoms with E-state index < -0.39 is 0 Å². The molecule has 0 atom stereocenters. The zero-order chi connectivity index (χ0) is 2.00. The second-order valence-electron chi connectivity index (χ2n) is 0. The molecular formula is H5LiO3. The van der Waals surface area contributed by atoms with Crippen molar-refractivity contribution in [2.45, 2.75) is 0 Å². The van der Waals surface area contributed by atoms with Gasteiger partial charge in [-0.15, -0.1) is 0 Å². The summed E-state index contributed by atoms with van der Waals surface area (Å²) in [6.07, 6.45) is 0. The molecule has 0 fully saturated rings. The Labute approximate surface area is 35.7 Å². The van der Waals surface area contributed by atoms with Crippen molar-refractivity contribution in [2.75, 3.05) is 0 Å². The summed E-state index contributed by atoms with van der Waals surface area (Å²) < 4.78 is 0. The van der Waals surface area contributed by atoms with Crippen molar-refractivity contribution in [2.24, 2.45) is 0 Å². The Kier molecular flexibility index (Phi) is 581. The van der Waals surface area contributed by atoms with Gasteiger partial charge in [0.25, 0.3) is 0 Å².